The van der Waals surface area contributed by atoms with E-state index in [1.807, 2.05) is 13.8 Å². The minimum atomic E-state index is -0.117. The number of amides is 1. The van der Waals surface area contributed by atoms with Crippen molar-refractivity contribution in [2.24, 2.45) is 0 Å². The van der Waals surface area contributed by atoms with Crippen molar-refractivity contribution in [3.05, 3.63) is 29.3 Å². The van der Waals surface area contributed by atoms with Crippen molar-refractivity contribution < 1.29 is 9.59 Å². The molecule has 1 aliphatic heterocycles. The standard InChI is InChI=1S/C10H8ClNO2.C2H6/c11-5-9(13)6-1-2-8-7(3-6)4-10(14)12-8;1-2/h1-3H,4-5H2,(H,12,14);1-2H3. The molecule has 1 N–H and O–H groups in total. The Morgan fingerprint density at radius 3 is 2.75 bits per heavy atom. The van der Waals surface area contributed by atoms with Gasteiger partial charge >= 0.3 is 0 Å². The van der Waals surface area contributed by atoms with Gasteiger partial charge in [-0.05, 0) is 23.8 Å². The molecule has 0 saturated carbocycles. The van der Waals surface area contributed by atoms with Crippen LogP contribution >= 0.6 is 11.6 Å². The lowest BCUT2D eigenvalue weighted by atomic mass is 10.1. The zero-order valence-electron chi connectivity index (χ0n) is 9.34. The Balaban J connectivity index is 0.000000606. The Hall–Kier alpha value is -1.35. The van der Waals surface area contributed by atoms with Gasteiger partial charge in [0, 0.05) is 11.3 Å². The summed E-state index contributed by atoms with van der Waals surface area (Å²) < 4.78 is 0. The lowest BCUT2D eigenvalue weighted by Gasteiger charge is -2.00. The molecule has 86 valence electrons. The molecule has 1 aromatic rings. The number of carbonyl (C=O) groups is 2. The molecule has 1 amide bonds. The normalized spacial score (nSPS) is 12.3. The van der Waals surface area contributed by atoms with E-state index < -0.39 is 0 Å². The van der Waals surface area contributed by atoms with Gasteiger partial charge in [0.1, 0.15) is 0 Å². The number of hydrogen-bond acceptors (Lipinski definition) is 2. The molecule has 0 fully saturated rings. The molecule has 0 aromatic heterocycles. The SMILES string of the molecule is CC.O=C1Cc2cc(C(=O)CCl)ccc2N1. The fourth-order valence-electron chi connectivity index (χ4n) is 1.48. The number of halogens is 1. The Bertz CT molecular complexity index is 415. The van der Waals surface area contributed by atoms with Crippen LogP contribution in [0.1, 0.15) is 29.8 Å². The highest BCUT2D eigenvalue weighted by atomic mass is 35.5. The largest absolute Gasteiger partial charge is 0.326 e. The summed E-state index contributed by atoms with van der Waals surface area (Å²) in [6.45, 7) is 4.00. The van der Waals surface area contributed by atoms with Crippen molar-refractivity contribution in [3.63, 3.8) is 0 Å². The van der Waals surface area contributed by atoms with Crippen molar-refractivity contribution in [3.8, 4) is 0 Å². The summed E-state index contributed by atoms with van der Waals surface area (Å²) in [5.74, 6) is -0.176. The van der Waals surface area contributed by atoms with Crippen molar-refractivity contribution in [2.75, 3.05) is 11.2 Å². The molecule has 0 unspecified atom stereocenters. The molecular weight excluding hydrogens is 226 g/mol. The first-order valence-corrected chi connectivity index (χ1v) is 5.76. The van der Waals surface area contributed by atoms with E-state index in [1.54, 1.807) is 18.2 Å². The van der Waals surface area contributed by atoms with E-state index in [0.29, 0.717) is 12.0 Å². The lowest BCUT2D eigenvalue weighted by molar-refractivity contribution is -0.115. The summed E-state index contributed by atoms with van der Waals surface area (Å²) in [5.41, 5.74) is 2.22. The van der Waals surface area contributed by atoms with Gasteiger partial charge in [0.25, 0.3) is 0 Å². The summed E-state index contributed by atoms with van der Waals surface area (Å²) in [7, 11) is 0. The third-order valence-corrected chi connectivity index (χ3v) is 2.42. The molecule has 0 spiro atoms. The molecule has 1 aliphatic rings. The van der Waals surface area contributed by atoms with Crippen LogP contribution in [0, 0.1) is 0 Å². The molecule has 3 nitrogen and oxygen atoms in total. The maximum Gasteiger partial charge on any atom is 0.228 e. The molecule has 0 atom stereocenters. The molecular formula is C12H14ClNO2. The number of Topliss-reactive ketones (excluding diaryl/α,β-unsaturated/α-hetero) is 1. The maximum absolute atomic E-state index is 11.3. The maximum atomic E-state index is 11.3. The van der Waals surface area contributed by atoms with Gasteiger partial charge in [0.2, 0.25) is 5.91 Å². The number of benzene rings is 1. The smallest absolute Gasteiger partial charge is 0.228 e. The van der Waals surface area contributed by atoms with Crippen LogP contribution in [0.25, 0.3) is 0 Å². The number of hydrogen-bond donors (Lipinski definition) is 1. The average molecular weight is 240 g/mol. The van der Waals surface area contributed by atoms with E-state index in [9.17, 15) is 9.59 Å². The molecule has 0 bridgehead atoms. The van der Waals surface area contributed by atoms with E-state index in [2.05, 4.69) is 5.32 Å². The van der Waals surface area contributed by atoms with Gasteiger partial charge in [-0.2, -0.15) is 0 Å². The molecule has 2 rings (SSSR count). The van der Waals surface area contributed by atoms with Crippen LogP contribution in [-0.2, 0) is 11.2 Å². The summed E-state index contributed by atoms with van der Waals surface area (Å²) in [5, 5.41) is 2.70. The van der Waals surface area contributed by atoms with Gasteiger partial charge in [0.05, 0.1) is 12.3 Å². The average Bonchev–Trinajstić information content (AvgIpc) is 2.69. The highest BCUT2D eigenvalue weighted by Gasteiger charge is 2.18. The first-order chi connectivity index (χ1) is 7.70. The van der Waals surface area contributed by atoms with E-state index in [4.69, 9.17) is 11.6 Å². The summed E-state index contributed by atoms with van der Waals surface area (Å²) in [6.07, 6.45) is 0.346. The lowest BCUT2D eigenvalue weighted by Crippen LogP contribution is -2.03. The van der Waals surface area contributed by atoms with Crippen molar-refractivity contribution >= 4 is 29.0 Å². The Morgan fingerprint density at radius 1 is 1.44 bits per heavy atom. The van der Waals surface area contributed by atoms with E-state index in [-0.39, 0.29) is 17.6 Å². The van der Waals surface area contributed by atoms with Crippen molar-refractivity contribution in [2.45, 2.75) is 20.3 Å². The fraction of sp³-hybridized carbons (Fsp3) is 0.333. The Labute approximate surface area is 99.8 Å². The van der Waals surface area contributed by atoms with E-state index in [0.717, 1.165) is 11.3 Å². The van der Waals surface area contributed by atoms with Gasteiger partial charge in [-0.25, -0.2) is 0 Å². The third kappa shape index (κ3) is 2.61. The van der Waals surface area contributed by atoms with Gasteiger partial charge in [-0.1, -0.05) is 13.8 Å². The quantitative estimate of drug-likeness (QED) is 0.637. The summed E-state index contributed by atoms with van der Waals surface area (Å²) >= 11 is 5.43. The zero-order chi connectivity index (χ0) is 12.1. The topological polar surface area (TPSA) is 46.2 Å². The highest BCUT2D eigenvalue weighted by molar-refractivity contribution is 6.30. The monoisotopic (exact) mass is 239 g/mol. The minimum Gasteiger partial charge on any atom is -0.326 e. The fourth-order valence-corrected chi connectivity index (χ4v) is 1.63. The van der Waals surface area contributed by atoms with E-state index in [1.165, 1.54) is 0 Å². The second-order valence-corrected chi connectivity index (χ2v) is 3.42. The van der Waals surface area contributed by atoms with Crippen molar-refractivity contribution in [1.82, 2.24) is 0 Å². The molecule has 1 aromatic carbocycles. The number of fused-ring (bicyclic) bond motifs is 1. The zero-order valence-corrected chi connectivity index (χ0v) is 10.1. The van der Waals surface area contributed by atoms with Crippen LogP contribution < -0.4 is 5.32 Å². The second-order valence-electron chi connectivity index (χ2n) is 3.15. The molecule has 0 aliphatic carbocycles. The summed E-state index contributed by atoms with van der Waals surface area (Å²) in [4.78, 5) is 22.3. The molecule has 16 heavy (non-hydrogen) atoms. The Kier molecular flexibility index (Phi) is 4.50. The first-order valence-electron chi connectivity index (χ1n) is 5.22. The van der Waals surface area contributed by atoms with Crippen LogP contribution in [0.4, 0.5) is 5.69 Å². The molecule has 4 heteroatoms. The van der Waals surface area contributed by atoms with Gasteiger partial charge in [-0.3, -0.25) is 9.59 Å². The molecule has 0 radical (unpaired) electrons. The predicted octanol–water partition coefficient (Wildman–Crippen LogP) is 2.63. The number of nitrogens with one attached hydrogen (secondary N) is 1. The Morgan fingerprint density at radius 2 is 2.12 bits per heavy atom. The van der Waals surface area contributed by atoms with E-state index >= 15 is 0 Å². The van der Waals surface area contributed by atoms with Crippen LogP contribution in [0.15, 0.2) is 18.2 Å². The number of carbonyl (C=O) groups excluding carboxylic acids is 2. The van der Waals surface area contributed by atoms with Gasteiger partial charge in [-0.15, -0.1) is 11.6 Å². The third-order valence-electron chi connectivity index (χ3n) is 2.17. The number of anilines is 1. The van der Waals surface area contributed by atoms with Crippen LogP contribution in [-0.4, -0.2) is 17.6 Å². The van der Waals surface area contributed by atoms with Crippen LogP contribution in [0.2, 0.25) is 0 Å². The minimum absolute atomic E-state index is 0.0276. The van der Waals surface area contributed by atoms with Crippen LogP contribution in [0.5, 0.6) is 0 Å². The van der Waals surface area contributed by atoms with Gasteiger partial charge in [0.15, 0.2) is 5.78 Å². The number of ketones is 1. The highest BCUT2D eigenvalue weighted by Crippen LogP contribution is 2.23. The summed E-state index contributed by atoms with van der Waals surface area (Å²) in [6, 6.07) is 5.13. The molecule has 1 heterocycles. The first kappa shape index (κ1) is 12.7. The van der Waals surface area contributed by atoms with Crippen molar-refractivity contribution in [1.29, 1.82) is 0 Å². The van der Waals surface area contributed by atoms with Crippen LogP contribution in [0.3, 0.4) is 0 Å². The number of rotatable bonds is 2. The number of alkyl halides is 1. The predicted molar refractivity (Wildman–Crippen MR) is 65.2 cm³/mol. The second kappa shape index (κ2) is 5.66. The molecule has 0 saturated heterocycles. The van der Waals surface area contributed by atoms with Gasteiger partial charge < -0.3 is 5.32 Å².